The summed E-state index contributed by atoms with van der Waals surface area (Å²) < 4.78 is 7.62. The molecule has 0 atom stereocenters. The van der Waals surface area contributed by atoms with Gasteiger partial charge in [0.05, 0.1) is 0 Å². The third-order valence-corrected chi connectivity index (χ3v) is 2.68. The van der Waals surface area contributed by atoms with E-state index in [2.05, 4.69) is 37.9 Å². The second-order valence-corrected chi connectivity index (χ2v) is 4.77. The van der Waals surface area contributed by atoms with E-state index in [1.807, 2.05) is 42.5 Å². The molecule has 0 unspecified atom stereocenters. The summed E-state index contributed by atoms with van der Waals surface area (Å²) in [6.45, 7) is 0. The molecule has 0 fully saturated rings. The second-order valence-electron chi connectivity index (χ2n) is 2.94. The summed E-state index contributed by atoms with van der Waals surface area (Å²) in [7, 11) is 0. The normalized spacial score (nSPS) is 10.0. The summed E-state index contributed by atoms with van der Waals surface area (Å²) in [5.74, 6) is 1.60. The molecule has 15 heavy (non-hydrogen) atoms. The molecule has 0 saturated carbocycles. The van der Waals surface area contributed by atoms with E-state index in [1.165, 1.54) is 0 Å². The molecule has 0 saturated heterocycles. The Hall–Kier alpha value is -0.800. The minimum absolute atomic E-state index is 0.794. The summed E-state index contributed by atoms with van der Waals surface area (Å²) >= 11 is 6.82. The standard InChI is InChI=1S/C12H7Br2O/c13-9-6-10(14)8-12(7-9)15-11-4-2-1-3-5-11/h2-8H. The predicted molar refractivity (Wildman–Crippen MR) is 67.2 cm³/mol. The molecule has 2 rings (SSSR count). The van der Waals surface area contributed by atoms with E-state index >= 15 is 0 Å². The van der Waals surface area contributed by atoms with Crippen LogP contribution in [0.4, 0.5) is 0 Å². The highest BCUT2D eigenvalue weighted by molar-refractivity contribution is 9.11. The summed E-state index contributed by atoms with van der Waals surface area (Å²) in [6, 6.07) is 16.1. The van der Waals surface area contributed by atoms with E-state index < -0.39 is 0 Å². The van der Waals surface area contributed by atoms with E-state index in [-0.39, 0.29) is 0 Å². The highest BCUT2D eigenvalue weighted by atomic mass is 79.9. The van der Waals surface area contributed by atoms with Crippen molar-refractivity contribution in [3.8, 4) is 11.5 Å². The average molecular weight is 327 g/mol. The molecular formula is C12H7Br2O. The average Bonchev–Trinajstić information content (AvgIpc) is 2.17. The Morgan fingerprint density at radius 3 is 2.07 bits per heavy atom. The summed E-state index contributed by atoms with van der Waals surface area (Å²) in [5, 5.41) is 0. The van der Waals surface area contributed by atoms with E-state index in [0.29, 0.717) is 0 Å². The van der Waals surface area contributed by atoms with Crippen LogP contribution in [0.2, 0.25) is 0 Å². The van der Waals surface area contributed by atoms with Gasteiger partial charge >= 0.3 is 0 Å². The molecule has 0 heterocycles. The minimum Gasteiger partial charge on any atom is -0.457 e. The smallest absolute Gasteiger partial charge is 0.129 e. The Morgan fingerprint density at radius 2 is 1.47 bits per heavy atom. The quantitative estimate of drug-likeness (QED) is 0.770. The van der Waals surface area contributed by atoms with Gasteiger partial charge in [-0.05, 0) is 36.4 Å². The lowest BCUT2D eigenvalue weighted by Crippen LogP contribution is -1.83. The van der Waals surface area contributed by atoms with Gasteiger partial charge in [-0.2, -0.15) is 0 Å². The number of hydrogen-bond acceptors (Lipinski definition) is 1. The van der Waals surface area contributed by atoms with Crippen molar-refractivity contribution in [2.24, 2.45) is 0 Å². The Labute approximate surface area is 105 Å². The van der Waals surface area contributed by atoms with Crippen molar-refractivity contribution in [1.29, 1.82) is 0 Å². The molecule has 75 valence electrons. The van der Waals surface area contributed by atoms with E-state index in [0.717, 1.165) is 20.4 Å². The van der Waals surface area contributed by atoms with Crippen LogP contribution in [-0.2, 0) is 0 Å². The fraction of sp³-hybridized carbons (Fsp3) is 0. The third kappa shape index (κ3) is 3.08. The lowest BCUT2D eigenvalue weighted by Gasteiger charge is -2.06. The zero-order chi connectivity index (χ0) is 10.7. The molecule has 1 radical (unpaired) electrons. The van der Waals surface area contributed by atoms with Gasteiger partial charge in [0.1, 0.15) is 11.5 Å². The first-order valence-corrected chi connectivity index (χ1v) is 5.93. The Balaban J connectivity index is 2.25. The van der Waals surface area contributed by atoms with Crippen LogP contribution in [0.1, 0.15) is 0 Å². The Kier molecular flexibility index (Phi) is 3.44. The summed E-state index contributed by atoms with van der Waals surface area (Å²) in [5.41, 5.74) is 0. The second kappa shape index (κ2) is 4.81. The van der Waals surface area contributed by atoms with Gasteiger partial charge in [-0.1, -0.05) is 44.0 Å². The van der Waals surface area contributed by atoms with E-state index in [9.17, 15) is 0 Å². The van der Waals surface area contributed by atoms with Crippen molar-refractivity contribution < 1.29 is 4.74 Å². The molecular weight excluding hydrogens is 320 g/mol. The maximum absolute atomic E-state index is 5.66. The molecule has 0 spiro atoms. The Bertz CT molecular complexity index is 434. The molecule has 0 N–H and O–H groups in total. The molecule has 0 aliphatic heterocycles. The molecule has 0 bridgehead atoms. The van der Waals surface area contributed by atoms with Crippen molar-refractivity contribution in [1.82, 2.24) is 0 Å². The van der Waals surface area contributed by atoms with Crippen LogP contribution < -0.4 is 4.74 Å². The summed E-state index contributed by atoms with van der Waals surface area (Å²) in [6.07, 6.45) is 0. The van der Waals surface area contributed by atoms with Crippen LogP contribution in [0.25, 0.3) is 0 Å². The minimum atomic E-state index is 0.794. The van der Waals surface area contributed by atoms with Gasteiger partial charge in [-0.25, -0.2) is 0 Å². The number of hydrogen-bond donors (Lipinski definition) is 0. The zero-order valence-corrected chi connectivity index (χ0v) is 10.9. The van der Waals surface area contributed by atoms with Crippen LogP contribution in [-0.4, -0.2) is 0 Å². The van der Waals surface area contributed by atoms with Gasteiger partial charge in [-0.15, -0.1) is 0 Å². The maximum atomic E-state index is 5.66. The van der Waals surface area contributed by atoms with Crippen LogP contribution in [0.3, 0.4) is 0 Å². The van der Waals surface area contributed by atoms with Crippen LogP contribution in [0, 0.1) is 6.07 Å². The third-order valence-electron chi connectivity index (χ3n) is 1.76. The van der Waals surface area contributed by atoms with Crippen molar-refractivity contribution in [3.63, 3.8) is 0 Å². The lowest BCUT2D eigenvalue weighted by atomic mass is 10.3. The van der Waals surface area contributed by atoms with Gasteiger partial charge in [0.25, 0.3) is 0 Å². The van der Waals surface area contributed by atoms with Crippen LogP contribution >= 0.6 is 31.9 Å². The highest BCUT2D eigenvalue weighted by Gasteiger charge is 1.99. The fourth-order valence-corrected chi connectivity index (χ4v) is 2.41. The van der Waals surface area contributed by atoms with Crippen molar-refractivity contribution >= 4 is 31.9 Å². The number of benzene rings is 2. The topological polar surface area (TPSA) is 9.23 Å². The monoisotopic (exact) mass is 325 g/mol. The predicted octanol–water partition coefficient (Wildman–Crippen LogP) is 4.80. The van der Waals surface area contributed by atoms with Gasteiger partial charge in [0, 0.05) is 8.95 Å². The molecule has 0 aliphatic carbocycles. The van der Waals surface area contributed by atoms with Crippen molar-refractivity contribution in [3.05, 3.63) is 57.5 Å². The SMILES string of the molecule is Brc1cc(Br)cc(Oc2cc[c]cc2)c1. The molecule has 2 aromatic carbocycles. The molecule has 2 aromatic rings. The molecule has 0 amide bonds. The Morgan fingerprint density at radius 1 is 0.867 bits per heavy atom. The maximum Gasteiger partial charge on any atom is 0.129 e. The first-order valence-electron chi connectivity index (χ1n) is 4.34. The first kappa shape index (κ1) is 10.7. The highest BCUT2D eigenvalue weighted by Crippen LogP contribution is 2.28. The van der Waals surface area contributed by atoms with Gasteiger partial charge in [0.15, 0.2) is 0 Å². The molecule has 3 heteroatoms. The summed E-state index contributed by atoms with van der Waals surface area (Å²) in [4.78, 5) is 0. The largest absolute Gasteiger partial charge is 0.457 e. The van der Waals surface area contributed by atoms with Gasteiger partial charge in [0.2, 0.25) is 0 Å². The van der Waals surface area contributed by atoms with Crippen LogP contribution in [0.5, 0.6) is 11.5 Å². The lowest BCUT2D eigenvalue weighted by molar-refractivity contribution is 0.482. The van der Waals surface area contributed by atoms with Crippen molar-refractivity contribution in [2.45, 2.75) is 0 Å². The number of halogens is 2. The first-order chi connectivity index (χ1) is 7.24. The van der Waals surface area contributed by atoms with Crippen LogP contribution in [0.15, 0.2) is 51.4 Å². The number of rotatable bonds is 2. The zero-order valence-electron chi connectivity index (χ0n) is 7.71. The fourth-order valence-electron chi connectivity index (χ4n) is 1.16. The van der Waals surface area contributed by atoms with Crippen molar-refractivity contribution in [2.75, 3.05) is 0 Å². The van der Waals surface area contributed by atoms with Gasteiger partial charge < -0.3 is 4.74 Å². The molecule has 1 nitrogen and oxygen atoms in total. The van der Waals surface area contributed by atoms with E-state index in [4.69, 9.17) is 4.74 Å². The molecule has 0 aliphatic rings. The molecule has 0 aromatic heterocycles. The van der Waals surface area contributed by atoms with Gasteiger partial charge in [-0.3, -0.25) is 0 Å². The van der Waals surface area contributed by atoms with E-state index in [1.54, 1.807) is 0 Å². The number of ether oxygens (including phenoxy) is 1.